The molecule has 172 valence electrons. The summed E-state index contributed by atoms with van der Waals surface area (Å²) in [6.45, 7) is 0.696. The predicted molar refractivity (Wildman–Crippen MR) is 137 cm³/mol. The van der Waals surface area contributed by atoms with Crippen LogP contribution >= 0.6 is 0 Å². The Kier molecular flexibility index (Phi) is 6.09. The predicted octanol–water partition coefficient (Wildman–Crippen LogP) is 6.20. The van der Waals surface area contributed by atoms with Gasteiger partial charge in [-0.3, -0.25) is 14.9 Å². The molecule has 6 heteroatoms. The molecular formula is C29H22N2O4. The number of nitrogens with zero attached hydrogens (tertiary/aromatic N) is 2. The third kappa shape index (κ3) is 4.82. The Morgan fingerprint density at radius 2 is 1.46 bits per heavy atom. The fourth-order valence-corrected chi connectivity index (χ4v) is 4.12. The second-order valence-corrected chi connectivity index (χ2v) is 8.23. The molecule has 0 unspecified atom stereocenters. The van der Waals surface area contributed by atoms with E-state index in [0.717, 1.165) is 33.2 Å². The van der Waals surface area contributed by atoms with Gasteiger partial charge in [0.15, 0.2) is 0 Å². The molecule has 5 rings (SSSR count). The quantitative estimate of drug-likeness (QED) is 0.213. The van der Waals surface area contributed by atoms with Crippen LogP contribution in [0.2, 0.25) is 0 Å². The Morgan fingerprint density at radius 1 is 0.771 bits per heavy atom. The number of pyridine rings is 1. The molecule has 0 aliphatic rings. The van der Waals surface area contributed by atoms with Crippen LogP contribution in [-0.2, 0) is 13.2 Å². The number of aromatic nitrogens is 1. The lowest BCUT2D eigenvalue weighted by Crippen LogP contribution is -2.21. The number of fused-ring (bicyclic) bond motifs is 1. The zero-order chi connectivity index (χ0) is 24.2. The van der Waals surface area contributed by atoms with Gasteiger partial charge in [0, 0.05) is 29.7 Å². The molecule has 0 saturated heterocycles. The van der Waals surface area contributed by atoms with Crippen LogP contribution in [0.3, 0.4) is 0 Å². The van der Waals surface area contributed by atoms with Gasteiger partial charge in [-0.05, 0) is 34.4 Å². The fraction of sp³-hybridized carbons (Fsp3) is 0.0690. The zero-order valence-electron chi connectivity index (χ0n) is 18.8. The Balaban J connectivity index is 1.59. The molecule has 0 amide bonds. The minimum atomic E-state index is -0.434. The molecule has 0 aliphatic carbocycles. The van der Waals surface area contributed by atoms with Crippen molar-refractivity contribution in [3.63, 3.8) is 0 Å². The molecule has 35 heavy (non-hydrogen) atoms. The lowest BCUT2D eigenvalue weighted by atomic mass is 10.0. The maximum absolute atomic E-state index is 13.3. The first-order chi connectivity index (χ1) is 17.1. The maximum atomic E-state index is 13.3. The number of hydrogen-bond acceptors (Lipinski definition) is 4. The Morgan fingerprint density at radius 3 is 2.14 bits per heavy atom. The molecule has 0 saturated carbocycles. The summed E-state index contributed by atoms with van der Waals surface area (Å²) in [5.74, 6) is 0.656. The molecular weight excluding hydrogens is 440 g/mol. The van der Waals surface area contributed by atoms with Crippen molar-refractivity contribution in [2.24, 2.45) is 0 Å². The monoisotopic (exact) mass is 462 g/mol. The standard InChI is InChI=1S/C29H22N2O4/c32-29-18-27(23-9-5-2-6-10-23)26-16-15-25(35-20-22-7-3-1-4-8-22)17-28(26)30(29)19-21-11-13-24(14-12-21)31(33)34/h1-18H,19-20H2. The average molecular weight is 463 g/mol. The van der Waals surface area contributed by atoms with Crippen molar-refractivity contribution in [3.8, 4) is 16.9 Å². The smallest absolute Gasteiger partial charge is 0.269 e. The highest BCUT2D eigenvalue weighted by atomic mass is 16.6. The second-order valence-electron chi connectivity index (χ2n) is 8.23. The molecule has 1 aromatic heterocycles. The van der Waals surface area contributed by atoms with Crippen LogP contribution in [0.4, 0.5) is 5.69 Å². The summed E-state index contributed by atoms with van der Waals surface area (Å²) in [6, 6.07) is 33.4. The van der Waals surface area contributed by atoms with E-state index in [2.05, 4.69) is 0 Å². The Hall–Kier alpha value is -4.71. The average Bonchev–Trinajstić information content (AvgIpc) is 2.90. The lowest BCUT2D eigenvalue weighted by Gasteiger charge is -2.16. The largest absolute Gasteiger partial charge is 0.489 e. The van der Waals surface area contributed by atoms with E-state index in [9.17, 15) is 14.9 Å². The van der Waals surface area contributed by atoms with Gasteiger partial charge in [-0.15, -0.1) is 0 Å². The number of nitro groups is 1. The van der Waals surface area contributed by atoms with E-state index in [1.807, 2.05) is 78.9 Å². The van der Waals surface area contributed by atoms with Crippen molar-refractivity contribution in [2.75, 3.05) is 0 Å². The van der Waals surface area contributed by atoms with Crippen molar-refractivity contribution < 1.29 is 9.66 Å². The summed E-state index contributed by atoms with van der Waals surface area (Å²) >= 11 is 0. The summed E-state index contributed by atoms with van der Waals surface area (Å²) in [5.41, 5.74) is 4.24. The lowest BCUT2D eigenvalue weighted by molar-refractivity contribution is -0.384. The molecule has 0 aliphatic heterocycles. The number of nitro benzene ring substituents is 1. The molecule has 1 heterocycles. The third-order valence-corrected chi connectivity index (χ3v) is 5.90. The minimum Gasteiger partial charge on any atom is -0.489 e. The van der Waals surface area contributed by atoms with E-state index in [0.29, 0.717) is 12.4 Å². The van der Waals surface area contributed by atoms with Crippen molar-refractivity contribution in [3.05, 3.63) is 141 Å². The van der Waals surface area contributed by atoms with Gasteiger partial charge in [-0.2, -0.15) is 0 Å². The van der Waals surface area contributed by atoms with Gasteiger partial charge in [-0.25, -0.2) is 0 Å². The molecule has 5 aromatic rings. The molecule has 4 aromatic carbocycles. The topological polar surface area (TPSA) is 74.4 Å². The van der Waals surface area contributed by atoms with Crippen molar-refractivity contribution in [1.82, 2.24) is 4.57 Å². The first-order valence-corrected chi connectivity index (χ1v) is 11.2. The number of benzene rings is 4. The molecule has 0 fully saturated rings. The number of non-ortho nitro benzene ring substituents is 1. The van der Waals surface area contributed by atoms with Gasteiger partial charge in [-0.1, -0.05) is 72.8 Å². The van der Waals surface area contributed by atoms with Gasteiger partial charge >= 0.3 is 0 Å². The minimum absolute atomic E-state index is 0.0157. The molecule has 0 atom stereocenters. The summed E-state index contributed by atoms with van der Waals surface area (Å²) in [6.07, 6.45) is 0. The number of hydrogen-bond donors (Lipinski definition) is 0. The fourth-order valence-electron chi connectivity index (χ4n) is 4.12. The normalized spacial score (nSPS) is 10.9. The Bertz CT molecular complexity index is 1540. The first-order valence-electron chi connectivity index (χ1n) is 11.2. The third-order valence-electron chi connectivity index (χ3n) is 5.90. The molecule has 0 spiro atoms. The summed E-state index contributed by atoms with van der Waals surface area (Å²) in [4.78, 5) is 23.9. The van der Waals surface area contributed by atoms with E-state index in [1.165, 1.54) is 12.1 Å². The second kappa shape index (κ2) is 9.65. The van der Waals surface area contributed by atoms with E-state index in [-0.39, 0.29) is 17.8 Å². The molecule has 0 N–H and O–H groups in total. The molecule has 0 bridgehead atoms. The highest BCUT2D eigenvalue weighted by molar-refractivity contribution is 5.95. The number of rotatable bonds is 7. The van der Waals surface area contributed by atoms with Crippen LogP contribution in [0.5, 0.6) is 5.75 Å². The van der Waals surface area contributed by atoms with Crippen molar-refractivity contribution >= 4 is 16.6 Å². The van der Waals surface area contributed by atoms with Crippen molar-refractivity contribution in [1.29, 1.82) is 0 Å². The first kappa shape index (κ1) is 22.1. The van der Waals surface area contributed by atoms with Crippen LogP contribution in [0.25, 0.3) is 22.0 Å². The van der Waals surface area contributed by atoms with Gasteiger partial charge in [0.05, 0.1) is 17.0 Å². The van der Waals surface area contributed by atoms with Gasteiger partial charge in [0.25, 0.3) is 11.2 Å². The summed E-state index contributed by atoms with van der Waals surface area (Å²) in [7, 11) is 0. The van der Waals surface area contributed by atoms with E-state index >= 15 is 0 Å². The molecule has 6 nitrogen and oxygen atoms in total. The van der Waals surface area contributed by atoms with E-state index < -0.39 is 4.92 Å². The van der Waals surface area contributed by atoms with Crippen LogP contribution in [0.15, 0.2) is 114 Å². The van der Waals surface area contributed by atoms with Crippen LogP contribution < -0.4 is 10.3 Å². The van der Waals surface area contributed by atoms with E-state index in [1.54, 1.807) is 22.8 Å². The SMILES string of the molecule is O=c1cc(-c2ccccc2)c2ccc(OCc3ccccc3)cc2n1Cc1ccc([N+](=O)[O-])cc1. The van der Waals surface area contributed by atoms with Crippen LogP contribution in [0.1, 0.15) is 11.1 Å². The van der Waals surface area contributed by atoms with Crippen LogP contribution in [0, 0.1) is 10.1 Å². The summed E-state index contributed by atoms with van der Waals surface area (Å²) in [5, 5.41) is 11.9. The van der Waals surface area contributed by atoms with Gasteiger partial charge in [0.2, 0.25) is 0 Å². The maximum Gasteiger partial charge on any atom is 0.269 e. The highest BCUT2D eigenvalue weighted by Gasteiger charge is 2.13. The van der Waals surface area contributed by atoms with Gasteiger partial charge < -0.3 is 9.30 Å². The van der Waals surface area contributed by atoms with Gasteiger partial charge in [0.1, 0.15) is 12.4 Å². The highest BCUT2D eigenvalue weighted by Crippen LogP contribution is 2.30. The van der Waals surface area contributed by atoms with Crippen molar-refractivity contribution in [2.45, 2.75) is 13.2 Å². The Labute approximate surface area is 201 Å². The molecule has 0 radical (unpaired) electrons. The van der Waals surface area contributed by atoms with Crippen LogP contribution in [-0.4, -0.2) is 9.49 Å². The zero-order valence-corrected chi connectivity index (χ0v) is 18.8. The summed E-state index contributed by atoms with van der Waals surface area (Å²) < 4.78 is 7.72. The van der Waals surface area contributed by atoms with E-state index in [4.69, 9.17) is 4.74 Å². The number of ether oxygens (including phenoxy) is 1.